The summed E-state index contributed by atoms with van der Waals surface area (Å²) in [5.41, 5.74) is 0. The lowest BCUT2D eigenvalue weighted by molar-refractivity contribution is -0.154. The maximum Gasteiger partial charge on any atom is 0.472 e. The highest BCUT2D eigenvalue weighted by atomic mass is 31.2. The van der Waals surface area contributed by atoms with Crippen molar-refractivity contribution in [1.82, 2.24) is 0 Å². The predicted octanol–water partition coefficient (Wildman–Crippen LogP) is 13.3. The van der Waals surface area contributed by atoms with E-state index in [0.29, 0.717) is 13.0 Å². The first kappa shape index (κ1) is 57.4. The van der Waals surface area contributed by atoms with Gasteiger partial charge in [-0.05, 0) is 89.9 Å². The summed E-state index contributed by atoms with van der Waals surface area (Å²) < 4.78 is 33.4. The van der Waals surface area contributed by atoms with Gasteiger partial charge in [-0.2, -0.15) is 0 Å². The van der Waals surface area contributed by atoms with Crippen molar-refractivity contribution in [3.05, 3.63) is 97.2 Å². The van der Waals surface area contributed by atoms with Gasteiger partial charge < -0.3 is 24.6 Å². The number of unbranched alkanes of at least 4 members (excludes halogenated alkanes) is 13. The van der Waals surface area contributed by atoms with E-state index in [-0.39, 0.29) is 13.0 Å². The van der Waals surface area contributed by atoms with Crippen LogP contribution < -0.4 is 0 Å². The third kappa shape index (κ3) is 44.9. The largest absolute Gasteiger partial charge is 0.472 e. The molecule has 3 atom stereocenters. The van der Waals surface area contributed by atoms with Crippen molar-refractivity contribution in [2.45, 2.75) is 180 Å². The number of ether oxygens (including phenoxy) is 2. The molecule has 0 aliphatic rings. The van der Waals surface area contributed by atoms with Gasteiger partial charge in [-0.3, -0.25) is 13.8 Å². The molecule has 0 bridgehead atoms. The molecule has 9 nitrogen and oxygen atoms in total. The average molecular weight is 861 g/mol. The highest BCUT2D eigenvalue weighted by molar-refractivity contribution is 7.47. The van der Waals surface area contributed by atoms with E-state index < -0.39 is 45.8 Å². The molecular formula is C50H85O9P. The van der Waals surface area contributed by atoms with Gasteiger partial charge in [0, 0.05) is 13.0 Å². The van der Waals surface area contributed by atoms with E-state index in [1.807, 2.05) is 0 Å². The molecule has 0 aliphatic heterocycles. The Morgan fingerprint density at radius 3 is 1.35 bits per heavy atom. The number of phosphoric acid groups is 1. The van der Waals surface area contributed by atoms with Crippen LogP contribution in [0.15, 0.2) is 97.2 Å². The fourth-order valence-corrected chi connectivity index (χ4v) is 6.60. The molecule has 0 amide bonds. The quantitative estimate of drug-likeness (QED) is 0.0237. The Morgan fingerprint density at radius 2 is 0.900 bits per heavy atom. The molecule has 0 aromatic heterocycles. The zero-order valence-electron chi connectivity index (χ0n) is 37.6. The van der Waals surface area contributed by atoms with Crippen LogP contribution in [0.3, 0.4) is 0 Å². The lowest BCUT2D eigenvalue weighted by Crippen LogP contribution is -2.29. The molecular weight excluding hydrogens is 776 g/mol. The Labute approximate surface area is 366 Å². The molecule has 0 heterocycles. The number of aliphatic hydroxyl groups excluding tert-OH is 2. The van der Waals surface area contributed by atoms with Gasteiger partial charge in [-0.25, -0.2) is 4.57 Å². The summed E-state index contributed by atoms with van der Waals surface area (Å²) in [5, 5.41) is 18.4. The summed E-state index contributed by atoms with van der Waals surface area (Å²) >= 11 is 0. The van der Waals surface area contributed by atoms with Crippen LogP contribution in [0.1, 0.15) is 168 Å². The van der Waals surface area contributed by atoms with E-state index in [1.165, 1.54) is 38.5 Å². The zero-order chi connectivity index (χ0) is 43.9. The molecule has 3 N–H and O–H groups in total. The first-order valence-corrected chi connectivity index (χ1v) is 24.7. The summed E-state index contributed by atoms with van der Waals surface area (Å²) in [5.74, 6) is -0.403. The number of allylic oxidation sites excluding steroid dienone is 16. The Bertz CT molecular complexity index is 1250. The molecule has 0 aromatic carbocycles. The number of phosphoric ester groups is 1. The molecule has 0 fully saturated rings. The van der Waals surface area contributed by atoms with Crippen molar-refractivity contribution >= 4 is 13.8 Å². The lowest BCUT2D eigenvalue weighted by Gasteiger charge is -2.20. The number of carbonyl (C=O) groups is 1. The van der Waals surface area contributed by atoms with Crippen molar-refractivity contribution in [2.24, 2.45) is 0 Å². The van der Waals surface area contributed by atoms with Crippen molar-refractivity contribution in [1.29, 1.82) is 0 Å². The number of rotatable bonds is 43. The summed E-state index contributed by atoms with van der Waals surface area (Å²) in [4.78, 5) is 22.6. The van der Waals surface area contributed by atoms with Gasteiger partial charge in [-0.1, -0.05) is 169 Å². The number of carbonyl (C=O) groups excluding carboxylic acids is 1. The van der Waals surface area contributed by atoms with Gasteiger partial charge >= 0.3 is 13.8 Å². The van der Waals surface area contributed by atoms with Gasteiger partial charge in [-0.15, -0.1) is 0 Å². The molecule has 0 rings (SSSR count). The monoisotopic (exact) mass is 861 g/mol. The SMILES string of the molecule is CC/C=C\C/C=C\C/C=C\C/C=C\C/C=C\CCCCCCCCOCC(COP(=O)(O)OCC(O)CO)OC(=O)CCCCCCCCC/C=C\C/C=C\C/C=C\CC. The van der Waals surface area contributed by atoms with Crippen LogP contribution in [0.2, 0.25) is 0 Å². The number of aliphatic hydroxyl groups is 2. The number of hydrogen-bond acceptors (Lipinski definition) is 8. The fraction of sp³-hybridized carbons (Fsp3) is 0.660. The van der Waals surface area contributed by atoms with Crippen LogP contribution in [-0.2, 0) is 27.9 Å². The zero-order valence-corrected chi connectivity index (χ0v) is 38.5. The summed E-state index contributed by atoms with van der Waals surface area (Å²) in [6.07, 6.45) is 57.9. The first-order valence-electron chi connectivity index (χ1n) is 23.2. The van der Waals surface area contributed by atoms with Crippen LogP contribution in [0.25, 0.3) is 0 Å². The summed E-state index contributed by atoms with van der Waals surface area (Å²) in [6, 6.07) is 0. The average Bonchev–Trinajstić information content (AvgIpc) is 3.24. The maximum absolute atomic E-state index is 12.6. The third-order valence-electron chi connectivity index (χ3n) is 9.27. The highest BCUT2D eigenvalue weighted by Gasteiger charge is 2.26. The summed E-state index contributed by atoms with van der Waals surface area (Å²) in [6.45, 7) is 3.22. The molecule has 0 spiro atoms. The second kappa shape index (κ2) is 45.9. The number of hydrogen-bond donors (Lipinski definition) is 3. The normalized spacial score (nSPS) is 14.8. The maximum atomic E-state index is 12.6. The van der Waals surface area contributed by atoms with E-state index >= 15 is 0 Å². The molecule has 0 saturated heterocycles. The van der Waals surface area contributed by atoms with E-state index in [0.717, 1.165) is 103 Å². The topological polar surface area (TPSA) is 132 Å². The van der Waals surface area contributed by atoms with Gasteiger partial charge in [0.2, 0.25) is 0 Å². The molecule has 344 valence electrons. The van der Waals surface area contributed by atoms with Crippen LogP contribution in [0.5, 0.6) is 0 Å². The Hall–Kier alpha value is -2.62. The number of esters is 1. The molecule has 0 saturated carbocycles. The minimum absolute atomic E-state index is 0.0286. The Kier molecular flexibility index (Phi) is 43.9. The molecule has 60 heavy (non-hydrogen) atoms. The standard InChI is InChI=1S/C50H85O9P/c1-3-5-7-9-11-13-15-17-19-21-22-23-24-25-27-29-31-33-35-37-39-41-43-56-46-49(47-58-60(54,55)57-45-48(52)44-51)59-50(53)42-40-38-36-34-32-30-28-26-20-18-16-14-12-10-8-6-4-2/h5-8,11-14,17-20,22-23,25,27,48-49,51-52H,3-4,9-10,15-16,21,24,26,28-47H2,1-2H3,(H,54,55)/b7-5-,8-6-,13-11-,14-12-,19-17-,20-18-,23-22-,27-25-. The summed E-state index contributed by atoms with van der Waals surface area (Å²) in [7, 11) is -4.53. The minimum Gasteiger partial charge on any atom is -0.457 e. The molecule has 3 unspecified atom stereocenters. The Morgan fingerprint density at radius 1 is 0.517 bits per heavy atom. The van der Waals surface area contributed by atoms with E-state index in [2.05, 4.69) is 111 Å². The highest BCUT2D eigenvalue weighted by Crippen LogP contribution is 2.43. The molecule has 0 radical (unpaired) electrons. The minimum atomic E-state index is -4.53. The van der Waals surface area contributed by atoms with Gasteiger partial charge in [0.15, 0.2) is 0 Å². The fourth-order valence-electron chi connectivity index (χ4n) is 5.81. The van der Waals surface area contributed by atoms with E-state index in [9.17, 15) is 19.4 Å². The van der Waals surface area contributed by atoms with Crippen molar-refractivity contribution in [3.63, 3.8) is 0 Å². The Balaban J connectivity index is 4.20. The first-order chi connectivity index (χ1) is 29.3. The van der Waals surface area contributed by atoms with Crippen LogP contribution in [-0.4, -0.2) is 66.3 Å². The molecule has 0 aliphatic carbocycles. The van der Waals surface area contributed by atoms with Gasteiger partial charge in [0.1, 0.15) is 12.2 Å². The molecule has 0 aromatic rings. The second-order valence-corrected chi connectivity index (χ2v) is 16.5. The van der Waals surface area contributed by atoms with E-state index in [4.69, 9.17) is 23.6 Å². The molecule has 10 heteroatoms. The van der Waals surface area contributed by atoms with E-state index in [1.54, 1.807) is 0 Å². The van der Waals surface area contributed by atoms with Crippen LogP contribution >= 0.6 is 7.82 Å². The van der Waals surface area contributed by atoms with Gasteiger partial charge in [0.25, 0.3) is 0 Å². The van der Waals surface area contributed by atoms with Crippen molar-refractivity contribution < 1.29 is 43.0 Å². The van der Waals surface area contributed by atoms with Crippen molar-refractivity contribution in [3.8, 4) is 0 Å². The smallest absolute Gasteiger partial charge is 0.457 e. The van der Waals surface area contributed by atoms with Crippen molar-refractivity contribution in [2.75, 3.05) is 33.0 Å². The predicted molar refractivity (Wildman–Crippen MR) is 251 cm³/mol. The lowest BCUT2D eigenvalue weighted by atomic mass is 10.1. The van der Waals surface area contributed by atoms with Crippen LogP contribution in [0, 0.1) is 0 Å². The van der Waals surface area contributed by atoms with Gasteiger partial charge in [0.05, 0.1) is 26.4 Å². The second-order valence-electron chi connectivity index (χ2n) is 15.0. The third-order valence-corrected chi connectivity index (χ3v) is 10.2. The van der Waals surface area contributed by atoms with Crippen LogP contribution in [0.4, 0.5) is 0 Å².